The van der Waals surface area contributed by atoms with Gasteiger partial charge in [-0.05, 0) is 49.5 Å². The Labute approximate surface area is 90.0 Å². The third kappa shape index (κ3) is 1.27. The number of carbonyl (C=O) groups is 1. The number of carbonyl (C=O) groups excluding carboxylic acids is 1. The monoisotopic (exact) mass is 204 g/mol. The van der Waals surface area contributed by atoms with Crippen LogP contribution in [-0.2, 0) is 9.53 Å². The number of esters is 1. The first-order valence-corrected chi connectivity index (χ1v) is 5.84. The molecule has 2 bridgehead atoms. The van der Waals surface area contributed by atoms with Crippen LogP contribution >= 0.6 is 0 Å². The molecule has 3 rings (SSSR count). The maximum Gasteiger partial charge on any atom is 0.330 e. The van der Waals surface area contributed by atoms with E-state index in [2.05, 4.69) is 6.58 Å². The summed E-state index contributed by atoms with van der Waals surface area (Å²) < 4.78 is 5.39. The third-order valence-corrected chi connectivity index (χ3v) is 4.20. The number of allylic oxidation sites excluding steroid dienone is 1. The number of fused-ring (bicyclic) bond motifs is 4. The average Bonchev–Trinajstić information content (AvgIpc) is 2.87. The molecule has 0 N–H and O–H groups in total. The molecule has 2 heteroatoms. The Morgan fingerprint density at radius 1 is 1.47 bits per heavy atom. The zero-order valence-corrected chi connectivity index (χ0v) is 8.87. The molecule has 0 saturated heterocycles. The van der Waals surface area contributed by atoms with Gasteiger partial charge >= 0.3 is 5.97 Å². The van der Waals surface area contributed by atoms with E-state index < -0.39 is 0 Å². The Bertz CT molecular complexity index is 354. The molecule has 0 spiro atoms. The van der Waals surface area contributed by atoms with Crippen molar-refractivity contribution in [3.8, 4) is 0 Å². The van der Waals surface area contributed by atoms with Gasteiger partial charge in [-0.25, -0.2) is 4.79 Å². The van der Waals surface area contributed by atoms with Crippen molar-refractivity contribution in [2.45, 2.75) is 38.2 Å². The van der Waals surface area contributed by atoms with E-state index in [9.17, 15) is 4.79 Å². The minimum Gasteiger partial charge on any atom is -0.455 e. The lowest BCUT2D eigenvalue weighted by Gasteiger charge is -2.23. The van der Waals surface area contributed by atoms with Crippen molar-refractivity contribution >= 4 is 5.97 Å². The number of ether oxygens (including phenoxy) is 1. The maximum atomic E-state index is 11.2. The Morgan fingerprint density at radius 2 is 2.33 bits per heavy atom. The second kappa shape index (κ2) is 3.22. The van der Waals surface area contributed by atoms with Gasteiger partial charge in [-0.2, -0.15) is 0 Å². The average molecular weight is 204 g/mol. The summed E-state index contributed by atoms with van der Waals surface area (Å²) >= 11 is 0. The highest BCUT2D eigenvalue weighted by Crippen LogP contribution is 2.55. The van der Waals surface area contributed by atoms with Crippen LogP contribution in [0, 0.1) is 11.8 Å². The molecule has 2 saturated carbocycles. The van der Waals surface area contributed by atoms with Crippen LogP contribution in [0.1, 0.15) is 32.1 Å². The number of hydrogen-bond acceptors (Lipinski definition) is 2. The molecule has 3 aliphatic rings. The molecule has 80 valence electrons. The van der Waals surface area contributed by atoms with Gasteiger partial charge < -0.3 is 4.74 Å². The summed E-state index contributed by atoms with van der Waals surface area (Å²) in [5, 5.41) is 0. The lowest BCUT2D eigenvalue weighted by Crippen LogP contribution is -2.21. The predicted octanol–water partition coefficient (Wildman–Crippen LogP) is 2.60. The quantitative estimate of drug-likeness (QED) is 0.392. The summed E-state index contributed by atoms with van der Waals surface area (Å²) in [6.07, 6.45) is 7.55. The van der Waals surface area contributed by atoms with Crippen LogP contribution in [0.5, 0.6) is 0 Å². The highest BCUT2D eigenvalue weighted by atomic mass is 16.5. The second-order valence-corrected chi connectivity index (χ2v) is 4.88. The van der Waals surface area contributed by atoms with Crippen molar-refractivity contribution in [2.75, 3.05) is 0 Å². The van der Waals surface area contributed by atoms with Gasteiger partial charge in [0, 0.05) is 6.08 Å². The summed E-state index contributed by atoms with van der Waals surface area (Å²) in [6, 6.07) is 0. The van der Waals surface area contributed by atoms with Crippen LogP contribution in [0.3, 0.4) is 0 Å². The zero-order valence-electron chi connectivity index (χ0n) is 8.87. The van der Waals surface area contributed by atoms with Crippen LogP contribution < -0.4 is 0 Å². The van der Waals surface area contributed by atoms with Gasteiger partial charge in [0.1, 0.15) is 6.10 Å². The highest BCUT2D eigenvalue weighted by Gasteiger charge is 2.47. The van der Waals surface area contributed by atoms with E-state index in [-0.39, 0.29) is 12.1 Å². The topological polar surface area (TPSA) is 26.3 Å². The van der Waals surface area contributed by atoms with Crippen molar-refractivity contribution in [3.05, 3.63) is 23.8 Å². The minimum atomic E-state index is -0.268. The molecule has 0 aromatic rings. The van der Waals surface area contributed by atoms with Gasteiger partial charge in [-0.15, -0.1) is 0 Å². The lowest BCUT2D eigenvalue weighted by atomic mass is 9.87. The van der Waals surface area contributed by atoms with E-state index in [1.165, 1.54) is 37.3 Å². The van der Waals surface area contributed by atoms with Crippen molar-refractivity contribution in [1.82, 2.24) is 0 Å². The van der Waals surface area contributed by atoms with Gasteiger partial charge in [-0.1, -0.05) is 12.2 Å². The molecule has 0 aliphatic heterocycles. The SMILES string of the molecule is C=CC(=O)OC1CC2CC1=C1CCCC12. The van der Waals surface area contributed by atoms with Gasteiger partial charge in [0.05, 0.1) is 0 Å². The van der Waals surface area contributed by atoms with E-state index in [1.807, 2.05) is 0 Å². The van der Waals surface area contributed by atoms with E-state index in [0.29, 0.717) is 0 Å². The number of hydrogen-bond donors (Lipinski definition) is 0. The smallest absolute Gasteiger partial charge is 0.330 e. The summed E-state index contributed by atoms with van der Waals surface area (Å²) in [5.41, 5.74) is 3.09. The molecule has 0 radical (unpaired) electrons. The Kier molecular flexibility index (Phi) is 1.98. The molecular formula is C13H16O2. The molecule has 3 unspecified atom stereocenters. The lowest BCUT2D eigenvalue weighted by molar-refractivity contribution is -0.141. The molecule has 0 amide bonds. The molecule has 15 heavy (non-hydrogen) atoms. The highest BCUT2D eigenvalue weighted by molar-refractivity contribution is 5.81. The standard InChI is InChI=1S/C13H16O2/c1-2-13(14)15-12-7-8-6-11(12)10-5-3-4-9(8)10/h2,8-9,12H,1,3-7H2. The largest absolute Gasteiger partial charge is 0.455 e. The molecule has 3 aliphatic carbocycles. The first kappa shape index (κ1) is 9.20. The first-order chi connectivity index (χ1) is 7.29. The molecule has 2 fully saturated rings. The summed E-state index contributed by atoms with van der Waals surface area (Å²) in [5.74, 6) is 1.36. The van der Waals surface area contributed by atoms with Crippen LogP contribution in [0.2, 0.25) is 0 Å². The number of rotatable bonds is 2. The van der Waals surface area contributed by atoms with Crippen LogP contribution in [0.25, 0.3) is 0 Å². The fourth-order valence-corrected chi connectivity index (χ4v) is 3.66. The molecule has 0 aromatic heterocycles. The third-order valence-electron chi connectivity index (χ3n) is 4.20. The van der Waals surface area contributed by atoms with E-state index in [4.69, 9.17) is 4.74 Å². The zero-order chi connectivity index (χ0) is 10.4. The molecule has 0 heterocycles. The molecular weight excluding hydrogens is 188 g/mol. The predicted molar refractivity (Wildman–Crippen MR) is 57.2 cm³/mol. The molecule has 3 atom stereocenters. The van der Waals surface area contributed by atoms with Gasteiger partial charge in [0.2, 0.25) is 0 Å². The van der Waals surface area contributed by atoms with Crippen molar-refractivity contribution in [1.29, 1.82) is 0 Å². The van der Waals surface area contributed by atoms with E-state index in [1.54, 1.807) is 5.57 Å². The second-order valence-electron chi connectivity index (χ2n) is 4.88. The minimum absolute atomic E-state index is 0.0878. The van der Waals surface area contributed by atoms with Crippen LogP contribution in [0.4, 0.5) is 0 Å². The summed E-state index contributed by atoms with van der Waals surface area (Å²) in [6.45, 7) is 3.44. The maximum absolute atomic E-state index is 11.2. The van der Waals surface area contributed by atoms with Crippen LogP contribution in [-0.4, -0.2) is 12.1 Å². The molecule has 2 nitrogen and oxygen atoms in total. The summed E-state index contributed by atoms with van der Waals surface area (Å²) in [7, 11) is 0. The van der Waals surface area contributed by atoms with Crippen LogP contribution in [0.15, 0.2) is 23.8 Å². The Balaban J connectivity index is 1.81. The van der Waals surface area contributed by atoms with Gasteiger partial charge in [-0.3, -0.25) is 0 Å². The fraction of sp³-hybridized carbons (Fsp3) is 0.615. The van der Waals surface area contributed by atoms with Crippen molar-refractivity contribution < 1.29 is 9.53 Å². The van der Waals surface area contributed by atoms with E-state index in [0.717, 1.165) is 18.3 Å². The Hall–Kier alpha value is -1.05. The van der Waals surface area contributed by atoms with E-state index >= 15 is 0 Å². The van der Waals surface area contributed by atoms with Gasteiger partial charge in [0.25, 0.3) is 0 Å². The first-order valence-electron chi connectivity index (χ1n) is 5.84. The van der Waals surface area contributed by atoms with Crippen molar-refractivity contribution in [3.63, 3.8) is 0 Å². The van der Waals surface area contributed by atoms with Gasteiger partial charge in [0.15, 0.2) is 0 Å². The molecule has 0 aromatic carbocycles. The normalized spacial score (nSPS) is 36.9. The fourth-order valence-electron chi connectivity index (χ4n) is 3.66. The summed E-state index contributed by atoms with van der Waals surface area (Å²) in [4.78, 5) is 11.2. The van der Waals surface area contributed by atoms with Crippen molar-refractivity contribution in [2.24, 2.45) is 11.8 Å². The Morgan fingerprint density at radius 3 is 3.13 bits per heavy atom.